The van der Waals surface area contributed by atoms with Crippen molar-refractivity contribution in [3.63, 3.8) is 0 Å². The maximum atomic E-state index is 12.9. The van der Waals surface area contributed by atoms with Crippen LogP contribution in [0.2, 0.25) is 0 Å². The van der Waals surface area contributed by atoms with E-state index < -0.39 is 26.5 Å². The second-order valence-corrected chi connectivity index (χ2v) is 25.2. The highest BCUT2D eigenvalue weighted by molar-refractivity contribution is 7.45. The zero-order valence-corrected chi connectivity index (χ0v) is 54.8. The zero-order chi connectivity index (χ0) is 59.8. The number of phosphoric ester groups is 1. The minimum absolute atomic E-state index is 0.0327. The van der Waals surface area contributed by atoms with Crippen molar-refractivity contribution >= 4 is 19.8 Å². The Hall–Kier alpha value is -3.07. The molecular formula is C72H128NO8P. The summed E-state index contributed by atoms with van der Waals surface area (Å²) in [4.78, 5) is 38.0. The van der Waals surface area contributed by atoms with E-state index in [2.05, 4.69) is 111 Å². The van der Waals surface area contributed by atoms with Crippen molar-refractivity contribution < 1.29 is 42.1 Å². The van der Waals surface area contributed by atoms with Crippen LogP contribution in [0.3, 0.4) is 0 Å². The third-order valence-corrected chi connectivity index (χ3v) is 15.6. The van der Waals surface area contributed by atoms with Crippen molar-refractivity contribution in [3.05, 3.63) is 97.2 Å². The number of ether oxygens (including phenoxy) is 2. The topological polar surface area (TPSA) is 111 Å². The molecule has 0 aromatic rings. The molecule has 0 amide bonds. The Labute approximate surface area is 506 Å². The molecule has 0 aliphatic rings. The Kier molecular flexibility index (Phi) is 60.1. The Morgan fingerprint density at radius 2 is 0.695 bits per heavy atom. The molecule has 0 rings (SSSR count). The highest BCUT2D eigenvalue weighted by Crippen LogP contribution is 2.38. The molecule has 0 aromatic carbocycles. The highest BCUT2D eigenvalue weighted by atomic mass is 31.2. The first-order valence-electron chi connectivity index (χ1n) is 33.9. The first kappa shape index (κ1) is 78.9. The molecule has 10 heteroatoms. The molecule has 0 bridgehead atoms. The Morgan fingerprint density at radius 1 is 0.390 bits per heavy atom. The van der Waals surface area contributed by atoms with Crippen molar-refractivity contribution in [2.75, 3.05) is 47.5 Å². The molecule has 82 heavy (non-hydrogen) atoms. The summed E-state index contributed by atoms with van der Waals surface area (Å²) in [5.41, 5.74) is 0. The molecule has 0 aliphatic heterocycles. The van der Waals surface area contributed by atoms with Gasteiger partial charge in [0.1, 0.15) is 19.8 Å². The van der Waals surface area contributed by atoms with Crippen LogP contribution in [0.25, 0.3) is 0 Å². The second-order valence-electron chi connectivity index (χ2n) is 23.8. The van der Waals surface area contributed by atoms with E-state index in [9.17, 15) is 19.0 Å². The molecule has 2 atom stereocenters. The summed E-state index contributed by atoms with van der Waals surface area (Å²) >= 11 is 0. The van der Waals surface area contributed by atoms with E-state index in [1.165, 1.54) is 173 Å². The van der Waals surface area contributed by atoms with E-state index >= 15 is 0 Å². The highest BCUT2D eigenvalue weighted by Gasteiger charge is 2.22. The molecule has 0 radical (unpaired) electrons. The minimum atomic E-state index is -4.64. The van der Waals surface area contributed by atoms with Gasteiger partial charge in [-0.15, -0.1) is 0 Å². The van der Waals surface area contributed by atoms with E-state index in [0.29, 0.717) is 17.4 Å². The molecule has 0 saturated heterocycles. The van der Waals surface area contributed by atoms with Gasteiger partial charge in [0, 0.05) is 12.8 Å². The minimum Gasteiger partial charge on any atom is -0.756 e. The summed E-state index contributed by atoms with van der Waals surface area (Å²) in [5, 5.41) is 0. The zero-order valence-electron chi connectivity index (χ0n) is 53.9. The van der Waals surface area contributed by atoms with Gasteiger partial charge in [0.05, 0.1) is 27.7 Å². The van der Waals surface area contributed by atoms with Crippen molar-refractivity contribution in [3.8, 4) is 0 Å². The molecule has 0 spiro atoms. The van der Waals surface area contributed by atoms with Gasteiger partial charge >= 0.3 is 11.9 Å². The number of unbranched alkanes of at least 4 members (excludes halogenated alkanes) is 32. The molecule has 0 aromatic heterocycles. The number of hydrogen-bond donors (Lipinski definition) is 0. The van der Waals surface area contributed by atoms with Crippen LogP contribution in [0.4, 0.5) is 0 Å². The molecule has 0 N–H and O–H groups in total. The third kappa shape index (κ3) is 66.1. The molecule has 474 valence electrons. The fourth-order valence-corrected chi connectivity index (χ4v) is 10.2. The van der Waals surface area contributed by atoms with Crippen molar-refractivity contribution in [1.29, 1.82) is 0 Å². The number of rotatable bonds is 62. The number of carbonyl (C=O) groups is 2. The maximum Gasteiger partial charge on any atom is 0.306 e. The number of nitrogens with zero attached hydrogens (tertiary/aromatic N) is 1. The number of hydrogen-bond acceptors (Lipinski definition) is 8. The lowest BCUT2D eigenvalue weighted by Crippen LogP contribution is -2.37. The smallest absolute Gasteiger partial charge is 0.306 e. The number of carbonyl (C=O) groups excluding carboxylic acids is 2. The second kappa shape index (κ2) is 62.5. The Balaban J connectivity index is 4.06. The SMILES string of the molecule is CC/C=C\C/C=C\C/C=C\C/C=C\C/C=C\C/C=C\C/C=C\C/C=C\CCCCCCCCCCCCCCC(=O)OC(COC(=O)CCCCCCCCCCCCCCCCCCCCCCC)COP(=O)([O-])OCC[N+](C)(C)C. The average Bonchev–Trinajstić information content (AvgIpc) is 3.46. The van der Waals surface area contributed by atoms with Gasteiger partial charge in [0.2, 0.25) is 0 Å². The molecule has 0 saturated carbocycles. The average molecular weight is 1170 g/mol. The van der Waals surface area contributed by atoms with Crippen LogP contribution in [-0.4, -0.2) is 70.0 Å². The lowest BCUT2D eigenvalue weighted by atomic mass is 10.0. The van der Waals surface area contributed by atoms with Crippen molar-refractivity contribution in [1.82, 2.24) is 0 Å². The summed E-state index contributed by atoms with van der Waals surface area (Å²) < 4.78 is 34.3. The van der Waals surface area contributed by atoms with Crippen LogP contribution in [0.15, 0.2) is 97.2 Å². The predicted octanol–water partition coefficient (Wildman–Crippen LogP) is 21.3. The van der Waals surface area contributed by atoms with Crippen LogP contribution in [0.5, 0.6) is 0 Å². The molecule has 0 fully saturated rings. The standard InChI is InChI=1S/C72H128NO8P/c1-6-8-10-12-14-16-18-20-22-24-26-28-29-30-31-32-33-34-35-36-37-38-39-40-41-42-43-45-47-49-51-53-55-57-59-61-63-65-72(75)81-70(69-80-82(76,77)79-67-66-73(3,4)5)68-78-71(74)64-62-60-58-56-54-52-50-48-46-44-27-25-23-21-19-17-15-13-11-9-7-2/h8,10,14,16,20,22,26,28,30-31,33-34,36-37,39-40,70H,6-7,9,11-13,15,17-19,21,23-25,27,29,32,35,38,41-69H2,1-5H3/b10-8-,16-14-,22-20-,28-26-,31-30-,34-33-,37-36-,40-39-. The van der Waals surface area contributed by atoms with Crippen LogP contribution in [0.1, 0.15) is 296 Å². The fraction of sp³-hybridized carbons (Fsp3) is 0.750. The summed E-state index contributed by atoms with van der Waals surface area (Å²) in [6, 6.07) is 0. The van der Waals surface area contributed by atoms with Gasteiger partial charge in [0.15, 0.2) is 6.10 Å². The van der Waals surface area contributed by atoms with Crippen molar-refractivity contribution in [2.24, 2.45) is 0 Å². The number of esters is 2. The fourth-order valence-electron chi connectivity index (χ4n) is 9.44. The molecule has 9 nitrogen and oxygen atoms in total. The van der Waals surface area contributed by atoms with E-state index in [1.807, 2.05) is 21.1 Å². The van der Waals surface area contributed by atoms with E-state index in [0.717, 1.165) is 89.9 Å². The van der Waals surface area contributed by atoms with Crippen LogP contribution in [0, 0.1) is 0 Å². The molecule has 2 unspecified atom stereocenters. The number of quaternary nitrogens is 1. The largest absolute Gasteiger partial charge is 0.756 e. The molecule has 0 heterocycles. The van der Waals surface area contributed by atoms with E-state index in [-0.39, 0.29) is 32.0 Å². The van der Waals surface area contributed by atoms with Gasteiger partial charge in [-0.05, 0) is 77.0 Å². The number of likely N-dealkylation sites (N-methyl/N-ethyl adjacent to an activating group) is 1. The molecular weight excluding hydrogens is 1040 g/mol. The summed E-state index contributed by atoms with van der Waals surface area (Å²) in [7, 11) is 1.17. The maximum absolute atomic E-state index is 12.9. The summed E-state index contributed by atoms with van der Waals surface area (Å²) in [6.07, 6.45) is 86.2. The monoisotopic (exact) mass is 1170 g/mol. The number of phosphoric acid groups is 1. The third-order valence-electron chi connectivity index (χ3n) is 14.6. The van der Waals surface area contributed by atoms with Crippen molar-refractivity contribution in [2.45, 2.75) is 302 Å². The Bertz CT molecular complexity index is 1710. The Morgan fingerprint density at radius 3 is 1.04 bits per heavy atom. The van der Waals surface area contributed by atoms with Crippen LogP contribution >= 0.6 is 7.82 Å². The quantitative estimate of drug-likeness (QED) is 0.0195. The lowest BCUT2D eigenvalue weighted by Gasteiger charge is -2.28. The van der Waals surface area contributed by atoms with Gasteiger partial charge in [-0.3, -0.25) is 14.2 Å². The molecule has 0 aliphatic carbocycles. The normalized spacial score (nSPS) is 13.8. The summed E-state index contributed by atoms with van der Waals surface area (Å²) in [5.74, 6) is -0.826. The van der Waals surface area contributed by atoms with Gasteiger partial charge in [-0.2, -0.15) is 0 Å². The van der Waals surface area contributed by atoms with Gasteiger partial charge in [0.25, 0.3) is 7.82 Å². The van der Waals surface area contributed by atoms with Gasteiger partial charge < -0.3 is 27.9 Å². The first-order chi connectivity index (χ1) is 40.0. The van der Waals surface area contributed by atoms with Gasteiger partial charge in [-0.1, -0.05) is 304 Å². The van der Waals surface area contributed by atoms with Crippen LogP contribution in [-0.2, 0) is 32.7 Å². The summed E-state index contributed by atoms with van der Waals surface area (Å²) in [6.45, 7) is 4.16. The number of allylic oxidation sites excluding steroid dienone is 16. The van der Waals surface area contributed by atoms with E-state index in [4.69, 9.17) is 18.5 Å². The van der Waals surface area contributed by atoms with Gasteiger partial charge in [-0.25, -0.2) is 0 Å². The van der Waals surface area contributed by atoms with E-state index in [1.54, 1.807) is 0 Å². The predicted molar refractivity (Wildman–Crippen MR) is 351 cm³/mol. The first-order valence-corrected chi connectivity index (χ1v) is 35.4. The lowest BCUT2D eigenvalue weighted by molar-refractivity contribution is -0.870. The van der Waals surface area contributed by atoms with Crippen LogP contribution < -0.4 is 4.89 Å².